The van der Waals surface area contributed by atoms with Gasteiger partial charge in [-0.25, -0.2) is 14.4 Å². The fourth-order valence-electron chi connectivity index (χ4n) is 3.18. The van der Waals surface area contributed by atoms with Crippen molar-refractivity contribution in [2.45, 2.75) is 39.7 Å². The van der Waals surface area contributed by atoms with Crippen molar-refractivity contribution in [3.05, 3.63) is 47.7 Å². The number of amides is 1. The molecule has 150 valence electrons. The van der Waals surface area contributed by atoms with Gasteiger partial charge in [-0.1, -0.05) is 13.8 Å². The number of benzene rings is 1. The highest BCUT2D eigenvalue weighted by Crippen LogP contribution is 2.20. The quantitative estimate of drug-likeness (QED) is 0.790. The lowest BCUT2D eigenvalue weighted by molar-refractivity contribution is -0.138. The molecule has 0 N–H and O–H groups in total. The van der Waals surface area contributed by atoms with Crippen molar-refractivity contribution in [1.29, 1.82) is 0 Å². The smallest absolute Gasteiger partial charge is 0.263 e. The third-order valence-corrected chi connectivity index (χ3v) is 4.76. The average molecular weight is 386 g/mol. The Balaban J connectivity index is 1.58. The molecule has 1 saturated heterocycles. The molecule has 7 heteroatoms. The first-order valence-corrected chi connectivity index (χ1v) is 9.65. The second kappa shape index (κ2) is 8.54. The minimum atomic E-state index is -0.620. The van der Waals surface area contributed by atoms with Crippen LogP contribution in [0.1, 0.15) is 38.2 Å². The minimum Gasteiger partial charge on any atom is -0.481 e. The van der Waals surface area contributed by atoms with Crippen LogP contribution in [0, 0.1) is 12.7 Å². The molecule has 1 aliphatic rings. The number of rotatable bonds is 5. The molecule has 2 aromatic rings. The van der Waals surface area contributed by atoms with Gasteiger partial charge in [0.2, 0.25) is 0 Å². The van der Waals surface area contributed by atoms with Crippen LogP contribution in [0.15, 0.2) is 30.3 Å². The SMILES string of the molecule is Cc1cc(N2CCN(C(=O)[C@H](C)Oc3ccc(F)cc3)CC2)nc(C(C)C)n1. The van der Waals surface area contributed by atoms with Crippen molar-refractivity contribution < 1.29 is 13.9 Å². The number of carbonyl (C=O) groups is 1. The van der Waals surface area contributed by atoms with Gasteiger partial charge >= 0.3 is 0 Å². The van der Waals surface area contributed by atoms with E-state index < -0.39 is 6.10 Å². The number of ether oxygens (including phenoxy) is 1. The van der Waals surface area contributed by atoms with Gasteiger partial charge in [0.25, 0.3) is 5.91 Å². The molecule has 0 aliphatic carbocycles. The lowest BCUT2D eigenvalue weighted by atomic mass is 10.2. The zero-order chi connectivity index (χ0) is 20.3. The second-order valence-corrected chi connectivity index (χ2v) is 7.41. The van der Waals surface area contributed by atoms with Crippen molar-refractivity contribution in [2.24, 2.45) is 0 Å². The molecule has 0 saturated carbocycles. The van der Waals surface area contributed by atoms with E-state index in [4.69, 9.17) is 4.74 Å². The van der Waals surface area contributed by atoms with Crippen LogP contribution in [0.4, 0.5) is 10.2 Å². The van der Waals surface area contributed by atoms with Crippen LogP contribution in [0.3, 0.4) is 0 Å². The van der Waals surface area contributed by atoms with Crippen molar-refractivity contribution in [3.8, 4) is 5.75 Å². The van der Waals surface area contributed by atoms with Crippen LogP contribution in [0.5, 0.6) is 5.75 Å². The fourth-order valence-corrected chi connectivity index (χ4v) is 3.18. The zero-order valence-corrected chi connectivity index (χ0v) is 16.9. The van der Waals surface area contributed by atoms with Gasteiger partial charge in [-0.15, -0.1) is 0 Å². The summed E-state index contributed by atoms with van der Waals surface area (Å²) in [6, 6.07) is 7.69. The summed E-state index contributed by atoms with van der Waals surface area (Å²) in [6.07, 6.45) is -0.620. The summed E-state index contributed by atoms with van der Waals surface area (Å²) in [5, 5.41) is 0. The van der Waals surface area contributed by atoms with Crippen LogP contribution >= 0.6 is 0 Å². The Hall–Kier alpha value is -2.70. The number of hydrogen-bond acceptors (Lipinski definition) is 5. The summed E-state index contributed by atoms with van der Waals surface area (Å²) in [6.45, 7) is 10.5. The number of aromatic nitrogens is 2. The fraction of sp³-hybridized carbons (Fsp3) is 0.476. The van der Waals surface area contributed by atoms with Gasteiger partial charge in [0.15, 0.2) is 6.10 Å². The number of halogens is 1. The normalized spacial score (nSPS) is 15.6. The maximum absolute atomic E-state index is 13.0. The van der Waals surface area contributed by atoms with E-state index in [0.717, 1.165) is 17.3 Å². The van der Waals surface area contributed by atoms with E-state index in [1.807, 2.05) is 17.9 Å². The molecule has 1 amide bonds. The van der Waals surface area contributed by atoms with Gasteiger partial charge in [-0.05, 0) is 38.1 Å². The average Bonchev–Trinajstić information content (AvgIpc) is 2.68. The van der Waals surface area contributed by atoms with Crippen molar-refractivity contribution >= 4 is 11.7 Å². The highest BCUT2D eigenvalue weighted by molar-refractivity contribution is 5.81. The second-order valence-electron chi connectivity index (χ2n) is 7.41. The Labute approximate surface area is 165 Å². The van der Waals surface area contributed by atoms with E-state index in [-0.39, 0.29) is 17.6 Å². The molecule has 1 fully saturated rings. The van der Waals surface area contributed by atoms with Gasteiger partial charge in [-0.3, -0.25) is 4.79 Å². The monoisotopic (exact) mass is 386 g/mol. The van der Waals surface area contributed by atoms with Gasteiger partial charge < -0.3 is 14.5 Å². The van der Waals surface area contributed by atoms with Crippen molar-refractivity contribution in [3.63, 3.8) is 0 Å². The Morgan fingerprint density at radius 2 is 1.71 bits per heavy atom. The van der Waals surface area contributed by atoms with Crippen molar-refractivity contribution in [1.82, 2.24) is 14.9 Å². The van der Waals surface area contributed by atoms with E-state index in [0.29, 0.717) is 31.9 Å². The first-order valence-electron chi connectivity index (χ1n) is 9.65. The molecule has 1 aromatic heterocycles. The number of piperazine rings is 1. The lowest BCUT2D eigenvalue weighted by Crippen LogP contribution is -2.52. The number of hydrogen-bond donors (Lipinski definition) is 0. The van der Waals surface area contributed by atoms with E-state index in [9.17, 15) is 9.18 Å². The summed E-state index contributed by atoms with van der Waals surface area (Å²) in [5.74, 6) is 2.12. The molecular formula is C21H27FN4O2. The molecule has 1 aromatic carbocycles. The van der Waals surface area contributed by atoms with Gasteiger partial charge in [0.05, 0.1) is 0 Å². The predicted octanol–water partition coefficient (Wildman–Crippen LogP) is 3.16. The van der Waals surface area contributed by atoms with E-state index >= 15 is 0 Å². The van der Waals surface area contributed by atoms with Gasteiger partial charge in [0.1, 0.15) is 23.2 Å². The highest BCUT2D eigenvalue weighted by atomic mass is 19.1. The molecule has 3 rings (SSSR count). The molecule has 0 spiro atoms. The Kier molecular flexibility index (Phi) is 6.11. The molecule has 0 bridgehead atoms. The Bertz CT molecular complexity index is 818. The van der Waals surface area contributed by atoms with Gasteiger partial charge in [0, 0.05) is 43.9 Å². The summed E-state index contributed by atoms with van der Waals surface area (Å²) in [5.41, 5.74) is 0.952. The topological polar surface area (TPSA) is 58.6 Å². The zero-order valence-electron chi connectivity index (χ0n) is 16.9. The largest absolute Gasteiger partial charge is 0.481 e. The number of carbonyl (C=O) groups excluding carboxylic acids is 1. The van der Waals surface area contributed by atoms with Crippen LogP contribution in [0.2, 0.25) is 0 Å². The Morgan fingerprint density at radius 1 is 1.07 bits per heavy atom. The molecule has 0 unspecified atom stereocenters. The molecular weight excluding hydrogens is 359 g/mol. The first kappa shape index (κ1) is 20.0. The number of aryl methyl sites for hydroxylation is 1. The van der Waals surface area contributed by atoms with Crippen molar-refractivity contribution in [2.75, 3.05) is 31.1 Å². The molecule has 1 aliphatic heterocycles. The number of anilines is 1. The molecule has 1 atom stereocenters. The van der Waals surface area contributed by atoms with E-state index in [1.165, 1.54) is 24.3 Å². The minimum absolute atomic E-state index is 0.0642. The molecule has 2 heterocycles. The lowest BCUT2D eigenvalue weighted by Gasteiger charge is -2.36. The third-order valence-electron chi connectivity index (χ3n) is 4.76. The van der Waals surface area contributed by atoms with E-state index in [2.05, 4.69) is 28.7 Å². The number of nitrogens with zero attached hydrogens (tertiary/aromatic N) is 4. The van der Waals surface area contributed by atoms with Crippen LogP contribution in [0.25, 0.3) is 0 Å². The standard InChI is InChI=1S/C21H27FN4O2/c1-14(2)20-23-15(3)13-19(24-20)25-9-11-26(12-10-25)21(27)16(4)28-18-7-5-17(22)6-8-18/h5-8,13-14,16H,9-12H2,1-4H3/t16-/m0/s1. The van der Waals surface area contributed by atoms with Gasteiger partial charge in [-0.2, -0.15) is 0 Å². The summed E-state index contributed by atoms with van der Waals surface area (Å²) in [4.78, 5) is 25.9. The van der Waals surface area contributed by atoms with Crippen LogP contribution in [-0.4, -0.2) is 53.1 Å². The Morgan fingerprint density at radius 3 is 2.32 bits per heavy atom. The highest BCUT2D eigenvalue weighted by Gasteiger charge is 2.27. The predicted molar refractivity (Wildman–Crippen MR) is 106 cm³/mol. The van der Waals surface area contributed by atoms with Crippen LogP contribution in [-0.2, 0) is 4.79 Å². The molecule has 6 nitrogen and oxygen atoms in total. The summed E-state index contributed by atoms with van der Waals surface area (Å²) in [7, 11) is 0. The first-order chi connectivity index (χ1) is 13.3. The third kappa shape index (κ3) is 4.77. The summed E-state index contributed by atoms with van der Waals surface area (Å²) >= 11 is 0. The molecule has 28 heavy (non-hydrogen) atoms. The summed E-state index contributed by atoms with van der Waals surface area (Å²) < 4.78 is 18.7. The van der Waals surface area contributed by atoms with Crippen LogP contribution < -0.4 is 9.64 Å². The van der Waals surface area contributed by atoms with E-state index in [1.54, 1.807) is 6.92 Å². The maximum atomic E-state index is 13.0. The maximum Gasteiger partial charge on any atom is 0.263 e. The molecule has 0 radical (unpaired) electrons.